The van der Waals surface area contributed by atoms with Crippen molar-refractivity contribution in [2.75, 3.05) is 19.8 Å². The first kappa shape index (κ1) is 26.0. The van der Waals surface area contributed by atoms with Gasteiger partial charge in [-0.1, -0.05) is 67.9 Å². The molecule has 32 heavy (non-hydrogen) atoms. The molecule has 0 N–H and O–H groups in total. The van der Waals surface area contributed by atoms with Gasteiger partial charge in [0.25, 0.3) is 0 Å². The van der Waals surface area contributed by atoms with Crippen molar-refractivity contribution in [2.45, 2.75) is 39.6 Å². The van der Waals surface area contributed by atoms with E-state index in [1.807, 2.05) is 44.2 Å². The van der Waals surface area contributed by atoms with E-state index in [0.717, 1.165) is 5.56 Å². The number of halogens is 1. The minimum absolute atomic E-state index is 0.189. The van der Waals surface area contributed by atoms with Gasteiger partial charge in [-0.25, -0.2) is 0 Å². The highest BCUT2D eigenvalue weighted by Crippen LogP contribution is 2.71. The molecule has 6 nitrogen and oxygen atoms in total. The molecular formula is C22H29ClO6P2S. The van der Waals surface area contributed by atoms with E-state index in [1.54, 1.807) is 38.1 Å². The van der Waals surface area contributed by atoms with Crippen molar-refractivity contribution >= 4 is 37.7 Å². The van der Waals surface area contributed by atoms with Crippen LogP contribution in [0.3, 0.4) is 0 Å². The van der Waals surface area contributed by atoms with Crippen molar-refractivity contribution < 1.29 is 27.2 Å². The van der Waals surface area contributed by atoms with Gasteiger partial charge in [-0.3, -0.25) is 13.6 Å². The third kappa shape index (κ3) is 6.09. The average Bonchev–Trinajstić information content (AvgIpc) is 2.76. The molecule has 0 spiro atoms. The van der Waals surface area contributed by atoms with E-state index >= 15 is 0 Å². The van der Waals surface area contributed by atoms with Crippen molar-refractivity contribution in [3.8, 4) is 0 Å². The lowest BCUT2D eigenvalue weighted by Gasteiger charge is -2.43. The van der Waals surface area contributed by atoms with Crippen LogP contribution in [0, 0.1) is 5.41 Å². The predicted molar refractivity (Wildman–Crippen MR) is 130 cm³/mol. The maximum atomic E-state index is 13.7. The second-order valence-electron chi connectivity index (χ2n) is 7.99. The Bertz CT molecular complexity index is 976. The Kier molecular flexibility index (Phi) is 8.76. The summed E-state index contributed by atoms with van der Waals surface area (Å²) in [6.45, 7) is 4.93. The van der Waals surface area contributed by atoms with Crippen molar-refractivity contribution in [3.05, 3.63) is 70.7 Å². The molecule has 1 heterocycles. The maximum Gasteiger partial charge on any atom is 0.364 e. The molecule has 0 aliphatic carbocycles. The summed E-state index contributed by atoms with van der Waals surface area (Å²) in [5, 5.41) is 0.632. The van der Waals surface area contributed by atoms with Crippen molar-refractivity contribution in [1.82, 2.24) is 0 Å². The third-order valence-electron chi connectivity index (χ3n) is 4.93. The molecular weight excluding hydrogens is 490 g/mol. The van der Waals surface area contributed by atoms with Crippen LogP contribution in [0.1, 0.15) is 50.8 Å². The van der Waals surface area contributed by atoms with Crippen LogP contribution in [0.25, 0.3) is 0 Å². The Morgan fingerprint density at radius 3 is 2.28 bits per heavy atom. The minimum Gasteiger partial charge on any atom is -0.308 e. The van der Waals surface area contributed by atoms with Gasteiger partial charge in [0.15, 0.2) is 5.85 Å². The summed E-state index contributed by atoms with van der Waals surface area (Å²) >= 11 is 11.8. The molecule has 0 aromatic heterocycles. The van der Waals surface area contributed by atoms with Gasteiger partial charge in [-0.05, 0) is 48.9 Å². The lowest BCUT2D eigenvalue weighted by Crippen LogP contribution is -2.33. The molecule has 0 bridgehead atoms. The minimum atomic E-state index is -3.73. The van der Waals surface area contributed by atoms with Crippen molar-refractivity contribution in [2.24, 2.45) is 5.41 Å². The molecule has 0 radical (unpaired) electrons. The van der Waals surface area contributed by atoms with Gasteiger partial charge in [-0.2, -0.15) is 0 Å². The summed E-state index contributed by atoms with van der Waals surface area (Å²) in [4.78, 5) is 0. The molecule has 10 heteroatoms. The van der Waals surface area contributed by atoms with Gasteiger partial charge in [0, 0.05) is 10.4 Å². The normalized spacial score (nSPS) is 24.2. The fourth-order valence-electron chi connectivity index (χ4n) is 3.40. The van der Waals surface area contributed by atoms with E-state index in [-0.39, 0.29) is 18.6 Å². The topological polar surface area (TPSA) is 63.2 Å². The quantitative estimate of drug-likeness (QED) is 0.316. The molecule has 3 atom stereocenters. The SMILES string of the molecule is CCOP(=O)(OCC)C(O[P@]1(=S)OCC(C)(C)[C@H](c2ccc(Cl)cc2)O1)c1ccccc1. The Morgan fingerprint density at radius 2 is 1.72 bits per heavy atom. The number of hydrogen-bond donors (Lipinski definition) is 0. The smallest absolute Gasteiger partial charge is 0.308 e. The summed E-state index contributed by atoms with van der Waals surface area (Å²) < 4.78 is 43.5. The van der Waals surface area contributed by atoms with Crippen molar-refractivity contribution in [1.29, 1.82) is 0 Å². The standard InChI is InChI=1S/C22H29ClO6P2S/c1-5-25-30(24,26-6-2)21(18-10-8-7-9-11-18)29-31(32)27-16-22(3,4)20(28-31)17-12-14-19(23)15-13-17/h7-15,20-21H,5-6,16H2,1-4H3/t20-,21?,31-/m0/s1. The molecule has 1 aliphatic heterocycles. The maximum absolute atomic E-state index is 13.7. The summed E-state index contributed by atoms with van der Waals surface area (Å²) in [7, 11) is -3.73. The summed E-state index contributed by atoms with van der Waals surface area (Å²) in [6, 6.07) is 16.5. The average molecular weight is 519 g/mol. The molecule has 0 amide bonds. The van der Waals surface area contributed by atoms with Gasteiger partial charge in [0.05, 0.1) is 25.9 Å². The Hall–Kier alpha value is -0.590. The van der Waals surface area contributed by atoms with E-state index < -0.39 is 26.3 Å². The third-order valence-corrected chi connectivity index (χ3v) is 9.78. The summed E-state index contributed by atoms with van der Waals surface area (Å²) in [5.41, 5.74) is 1.15. The fourth-order valence-corrected chi connectivity index (χ4v) is 8.52. The van der Waals surface area contributed by atoms with Gasteiger partial charge in [-0.15, -0.1) is 0 Å². The highest BCUT2D eigenvalue weighted by molar-refractivity contribution is 8.07. The highest BCUT2D eigenvalue weighted by atomic mass is 35.5. The monoisotopic (exact) mass is 518 g/mol. The van der Waals surface area contributed by atoms with Gasteiger partial charge in [0.2, 0.25) is 0 Å². The van der Waals surface area contributed by atoms with Crippen LogP contribution in [0.15, 0.2) is 54.6 Å². The molecule has 1 unspecified atom stereocenters. The Labute approximate surface area is 200 Å². The van der Waals surface area contributed by atoms with Crippen LogP contribution < -0.4 is 0 Å². The molecule has 176 valence electrons. The lowest BCUT2D eigenvalue weighted by atomic mass is 9.83. The first-order valence-electron chi connectivity index (χ1n) is 10.4. The zero-order chi connectivity index (χ0) is 23.4. The molecule has 2 aromatic rings. The van der Waals surface area contributed by atoms with E-state index in [9.17, 15) is 4.57 Å². The Morgan fingerprint density at radius 1 is 1.12 bits per heavy atom. The molecule has 0 saturated carbocycles. The molecule has 2 aromatic carbocycles. The van der Waals surface area contributed by atoms with Crippen LogP contribution >= 0.6 is 25.9 Å². The second kappa shape index (κ2) is 10.8. The number of benzene rings is 2. The highest BCUT2D eigenvalue weighted by Gasteiger charge is 2.48. The first-order chi connectivity index (χ1) is 15.1. The Balaban J connectivity index is 1.96. The van der Waals surface area contributed by atoms with E-state index in [4.69, 9.17) is 46.0 Å². The second-order valence-corrected chi connectivity index (χ2v) is 13.4. The molecule has 1 saturated heterocycles. The van der Waals surface area contributed by atoms with Crippen LogP contribution in [0.2, 0.25) is 5.02 Å². The van der Waals surface area contributed by atoms with Gasteiger partial charge >= 0.3 is 14.3 Å². The zero-order valence-corrected chi connectivity index (χ0v) is 22.0. The predicted octanol–water partition coefficient (Wildman–Crippen LogP) is 7.66. The van der Waals surface area contributed by atoms with Crippen molar-refractivity contribution in [3.63, 3.8) is 0 Å². The van der Waals surface area contributed by atoms with E-state index in [2.05, 4.69) is 0 Å². The lowest BCUT2D eigenvalue weighted by molar-refractivity contribution is -0.0416. The largest absolute Gasteiger partial charge is 0.364 e. The fraction of sp³-hybridized carbons (Fsp3) is 0.455. The zero-order valence-electron chi connectivity index (χ0n) is 18.6. The number of rotatable bonds is 9. The van der Waals surface area contributed by atoms with Gasteiger partial charge < -0.3 is 13.6 Å². The molecule has 1 fully saturated rings. The van der Waals surface area contributed by atoms with Crippen LogP contribution in [0.5, 0.6) is 0 Å². The van der Waals surface area contributed by atoms with Crippen LogP contribution in [0.4, 0.5) is 0 Å². The van der Waals surface area contributed by atoms with E-state index in [1.165, 1.54) is 0 Å². The first-order valence-corrected chi connectivity index (χ1v) is 15.0. The van der Waals surface area contributed by atoms with Crippen LogP contribution in [-0.2, 0) is 39.0 Å². The van der Waals surface area contributed by atoms with Crippen LogP contribution in [-0.4, -0.2) is 19.8 Å². The van der Waals surface area contributed by atoms with Gasteiger partial charge in [0.1, 0.15) is 0 Å². The summed E-state index contributed by atoms with van der Waals surface area (Å²) in [5.74, 6) is -1.08. The van der Waals surface area contributed by atoms with E-state index in [0.29, 0.717) is 17.2 Å². The summed E-state index contributed by atoms with van der Waals surface area (Å²) in [6.07, 6.45) is -0.394. The molecule has 3 rings (SSSR count). The number of hydrogen-bond acceptors (Lipinski definition) is 7. The molecule has 1 aliphatic rings.